The van der Waals surface area contributed by atoms with E-state index < -0.39 is 5.97 Å². The Bertz CT molecular complexity index is 440. The fraction of sp³-hybridized carbons (Fsp3) is 0.526. The molecule has 0 N–H and O–H groups in total. The molecule has 122 valence electrons. The van der Waals surface area contributed by atoms with Gasteiger partial charge in [-0.3, -0.25) is 0 Å². The van der Waals surface area contributed by atoms with Crippen molar-refractivity contribution in [3.05, 3.63) is 36.9 Å². The Balaban J connectivity index is 2.19. The van der Waals surface area contributed by atoms with Crippen LogP contribution in [-0.2, 0) is 4.79 Å². The zero-order chi connectivity index (χ0) is 16.0. The lowest BCUT2D eigenvalue weighted by Gasteiger charge is -2.10. The van der Waals surface area contributed by atoms with Crippen LogP contribution in [0.25, 0.3) is 0 Å². The number of ether oxygens (including phenoxy) is 2. The second kappa shape index (κ2) is 11.8. The van der Waals surface area contributed by atoms with Gasteiger partial charge in [-0.1, -0.05) is 70.6 Å². The fourth-order valence-corrected chi connectivity index (χ4v) is 2.22. The molecule has 0 bridgehead atoms. The van der Waals surface area contributed by atoms with Gasteiger partial charge in [0.15, 0.2) is 11.5 Å². The van der Waals surface area contributed by atoms with Gasteiger partial charge in [0.05, 0.1) is 6.61 Å². The molecule has 0 heterocycles. The molecule has 0 aliphatic heterocycles. The topological polar surface area (TPSA) is 35.5 Å². The second-order valence-electron chi connectivity index (χ2n) is 5.40. The van der Waals surface area contributed by atoms with Crippen molar-refractivity contribution in [2.45, 2.75) is 58.3 Å². The molecule has 0 amide bonds. The van der Waals surface area contributed by atoms with E-state index in [0.717, 1.165) is 12.5 Å². The maximum absolute atomic E-state index is 11.3. The summed E-state index contributed by atoms with van der Waals surface area (Å²) in [6.45, 7) is 6.28. The molecule has 0 aromatic heterocycles. The van der Waals surface area contributed by atoms with Gasteiger partial charge in [0, 0.05) is 6.08 Å². The van der Waals surface area contributed by atoms with Gasteiger partial charge < -0.3 is 9.47 Å². The molecule has 0 spiro atoms. The number of hydrogen-bond donors (Lipinski definition) is 0. The molecule has 0 radical (unpaired) electrons. The molecule has 0 atom stereocenters. The summed E-state index contributed by atoms with van der Waals surface area (Å²) >= 11 is 0. The van der Waals surface area contributed by atoms with Crippen LogP contribution in [0.15, 0.2) is 36.9 Å². The quantitative estimate of drug-likeness (QED) is 0.227. The molecule has 3 nitrogen and oxygen atoms in total. The summed E-state index contributed by atoms with van der Waals surface area (Å²) in [4.78, 5) is 11.3. The maximum atomic E-state index is 11.3. The van der Waals surface area contributed by atoms with E-state index in [1.807, 2.05) is 18.2 Å². The Hall–Kier alpha value is -1.77. The molecule has 1 aromatic carbocycles. The average Bonchev–Trinajstić information content (AvgIpc) is 2.54. The Labute approximate surface area is 134 Å². The van der Waals surface area contributed by atoms with E-state index in [0.29, 0.717) is 18.1 Å². The smallest absolute Gasteiger partial charge is 0.335 e. The van der Waals surface area contributed by atoms with Crippen LogP contribution in [-0.4, -0.2) is 12.6 Å². The Morgan fingerprint density at radius 3 is 2.23 bits per heavy atom. The van der Waals surface area contributed by atoms with E-state index in [1.54, 1.807) is 6.07 Å². The number of para-hydroxylation sites is 2. The summed E-state index contributed by atoms with van der Waals surface area (Å²) in [6, 6.07) is 7.23. The maximum Gasteiger partial charge on any atom is 0.335 e. The van der Waals surface area contributed by atoms with Gasteiger partial charge in [0.25, 0.3) is 0 Å². The summed E-state index contributed by atoms with van der Waals surface area (Å²) in [7, 11) is 0. The molecule has 0 saturated carbocycles. The van der Waals surface area contributed by atoms with Crippen LogP contribution in [0.1, 0.15) is 58.3 Å². The molecule has 0 aliphatic rings. The summed E-state index contributed by atoms with van der Waals surface area (Å²) < 4.78 is 10.9. The fourth-order valence-electron chi connectivity index (χ4n) is 2.22. The number of carbonyl (C=O) groups is 1. The number of carbonyl (C=O) groups excluding carboxylic acids is 1. The van der Waals surface area contributed by atoms with Crippen LogP contribution < -0.4 is 9.47 Å². The van der Waals surface area contributed by atoms with Crippen molar-refractivity contribution in [3.63, 3.8) is 0 Å². The highest BCUT2D eigenvalue weighted by Crippen LogP contribution is 2.26. The summed E-state index contributed by atoms with van der Waals surface area (Å²) in [5.74, 6) is 0.593. The van der Waals surface area contributed by atoms with Crippen molar-refractivity contribution in [1.29, 1.82) is 0 Å². The SMILES string of the molecule is C=CC(=O)Oc1ccccc1OCCCCCCCCCC. The summed E-state index contributed by atoms with van der Waals surface area (Å²) in [6.07, 6.45) is 11.3. The number of rotatable bonds is 12. The Morgan fingerprint density at radius 2 is 1.59 bits per heavy atom. The third-order valence-electron chi connectivity index (χ3n) is 3.48. The number of hydrogen-bond acceptors (Lipinski definition) is 3. The molecule has 0 fully saturated rings. The molecule has 22 heavy (non-hydrogen) atoms. The standard InChI is InChI=1S/C19H28O3/c1-3-5-6-7-8-9-10-13-16-21-17-14-11-12-15-18(17)22-19(20)4-2/h4,11-12,14-15H,2-3,5-10,13,16H2,1H3. The van der Waals surface area contributed by atoms with Crippen molar-refractivity contribution < 1.29 is 14.3 Å². The molecule has 1 aromatic rings. The molecule has 1 rings (SSSR count). The molecule has 3 heteroatoms. The monoisotopic (exact) mass is 304 g/mol. The van der Waals surface area contributed by atoms with Gasteiger partial charge in [-0.2, -0.15) is 0 Å². The van der Waals surface area contributed by atoms with Gasteiger partial charge in [0.2, 0.25) is 0 Å². The van der Waals surface area contributed by atoms with Crippen LogP contribution in [0.4, 0.5) is 0 Å². The zero-order valence-electron chi connectivity index (χ0n) is 13.7. The molecular weight excluding hydrogens is 276 g/mol. The van der Waals surface area contributed by atoms with E-state index in [4.69, 9.17) is 9.47 Å². The molecule has 0 unspecified atom stereocenters. The van der Waals surface area contributed by atoms with Crippen LogP contribution >= 0.6 is 0 Å². The van der Waals surface area contributed by atoms with Crippen LogP contribution in [0.5, 0.6) is 11.5 Å². The highest BCUT2D eigenvalue weighted by molar-refractivity contribution is 5.83. The van der Waals surface area contributed by atoms with E-state index >= 15 is 0 Å². The predicted molar refractivity (Wildman–Crippen MR) is 90.4 cm³/mol. The van der Waals surface area contributed by atoms with E-state index in [-0.39, 0.29) is 0 Å². The van der Waals surface area contributed by atoms with Crippen molar-refractivity contribution >= 4 is 5.97 Å². The minimum absolute atomic E-state index is 0.451. The average molecular weight is 304 g/mol. The third-order valence-corrected chi connectivity index (χ3v) is 3.48. The van der Waals surface area contributed by atoms with Gasteiger partial charge in [-0.05, 0) is 18.6 Å². The third kappa shape index (κ3) is 7.87. The summed E-state index contributed by atoms with van der Waals surface area (Å²) in [5, 5.41) is 0. The normalized spacial score (nSPS) is 10.2. The van der Waals surface area contributed by atoms with Gasteiger partial charge in [0.1, 0.15) is 0 Å². The van der Waals surface area contributed by atoms with Gasteiger partial charge in [-0.25, -0.2) is 4.79 Å². The van der Waals surface area contributed by atoms with E-state index in [1.165, 1.54) is 44.9 Å². The van der Waals surface area contributed by atoms with Gasteiger partial charge >= 0.3 is 5.97 Å². The highest BCUT2D eigenvalue weighted by atomic mass is 16.6. The Morgan fingerprint density at radius 1 is 1.00 bits per heavy atom. The van der Waals surface area contributed by atoms with Gasteiger partial charge in [-0.15, -0.1) is 0 Å². The van der Waals surface area contributed by atoms with Crippen LogP contribution in [0, 0.1) is 0 Å². The first kappa shape index (κ1) is 18.3. The minimum Gasteiger partial charge on any atom is -0.490 e. The Kier molecular flexibility index (Phi) is 9.84. The first-order chi connectivity index (χ1) is 10.8. The number of esters is 1. The van der Waals surface area contributed by atoms with Crippen LogP contribution in [0.2, 0.25) is 0 Å². The van der Waals surface area contributed by atoms with Crippen molar-refractivity contribution in [3.8, 4) is 11.5 Å². The largest absolute Gasteiger partial charge is 0.490 e. The molecule has 0 aliphatic carbocycles. The lowest BCUT2D eigenvalue weighted by Crippen LogP contribution is -2.06. The number of unbranched alkanes of at least 4 members (excludes halogenated alkanes) is 7. The predicted octanol–water partition coefficient (Wildman–Crippen LogP) is 5.30. The first-order valence-electron chi connectivity index (χ1n) is 8.34. The highest BCUT2D eigenvalue weighted by Gasteiger charge is 2.07. The lowest BCUT2D eigenvalue weighted by atomic mass is 10.1. The van der Waals surface area contributed by atoms with Crippen molar-refractivity contribution in [1.82, 2.24) is 0 Å². The minimum atomic E-state index is -0.469. The zero-order valence-corrected chi connectivity index (χ0v) is 13.7. The molecule has 0 saturated heterocycles. The van der Waals surface area contributed by atoms with Crippen molar-refractivity contribution in [2.75, 3.05) is 6.61 Å². The van der Waals surface area contributed by atoms with Crippen LogP contribution in [0.3, 0.4) is 0 Å². The molecular formula is C19H28O3. The number of benzene rings is 1. The van der Waals surface area contributed by atoms with Crippen molar-refractivity contribution in [2.24, 2.45) is 0 Å². The first-order valence-corrected chi connectivity index (χ1v) is 8.34. The second-order valence-corrected chi connectivity index (χ2v) is 5.40. The summed E-state index contributed by atoms with van der Waals surface area (Å²) in [5.41, 5.74) is 0. The van der Waals surface area contributed by atoms with E-state index in [9.17, 15) is 4.79 Å². The van der Waals surface area contributed by atoms with E-state index in [2.05, 4.69) is 13.5 Å². The lowest BCUT2D eigenvalue weighted by molar-refractivity contribution is -0.129.